The van der Waals surface area contributed by atoms with Crippen molar-refractivity contribution in [1.82, 2.24) is 24.8 Å². The molecule has 6 nitrogen and oxygen atoms in total. The van der Waals surface area contributed by atoms with E-state index in [0.29, 0.717) is 18.8 Å². The van der Waals surface area contributed by atoms with Gasteiger partial charge in [0.25, 0.3) is 5.91 Å². The highest BCUT2D eigenvalue weighted by atomic mass is 16.2. The predicted molar refractivity (Wildman–Crippen MR) is 107 cm³/mol. The van der Waals surface area contributed by atoms with Crippen molar-refractivity contribution in [2.45, 2.75) is 52.6 Å². The molecule has 1 fully saturated rings. The normalized spacial score (nSPS) is 17.8. The van der Waals surface area contributed by atoms with Crippen molar-refractivity contribution < 1.29 is 4.79 Å². The number of likely N-dealkylation sites (tertiary alicyclic amines) is 1. The summed E-state index contributed by atoms with van der Waals surface area (Å²) in [7, 11) is 0. The van der Waals surface area contributed by atoms with E-state index < -0.39 is 0 Å². The molecule has 0 aliphatic carbocycles. The summed E-state index contributed by atoms with van der Waals surface area (Å²) in [6, 6.07) is 9.19. The maximum Gasteiger partial charge on any atom is 0.276 e. The Morgan fingerprint density at radius 1 is 1.15 bits per heavy atom. The topological polar surface area (TPSA) is 54.3 Å². The molecule has 1 atom stereocenters. The first kappa shape index (κ1) is 19.5. The zero-order chi connectivity index (χ0) is 19.2. The fourth-order valence-corrected chi connectivity index (χ4v) is 3.76. The SMILES string of the molecule is CCc1ccc(CN2CCC[C@H](n3cc(C(=O)N(CC)CC)nn3)C2)cc1. The highest BCUT2D eigenvalue weighted by Crippen LogP contribution is 2.22. The van der Waals surface area contributed by atoms with Crippen molar-refractivity contribution in [2.24, 2.45) is 0 Å². The second kappa shape index (κ2) is 9.13. The Morgan fingerprint density at radius 2 is 1.85 bits per heavy atom. The molecule has 0 N–H and O–H groups in total. The summed E-state index contributed by atoms with van der Waals surface area (Å²) in [5.74, 6) is -0.0325. The van der Waals surface area contributed by atoms with Crippen LogP contribution in [-0.2, 0) is 13.0 Å². The van der Waals surface area contributed by atoms with E-state index in [1.807, 2.05) is 24.7 Å². The number of carbonyl (C=O) groups is 1. The average molecular weight is 370 g/mol. The van der Waals surface area contributed by atoms with Gasteiger partial charge in [0.15, 0.2) is 5.69 Å². The first-order chi connectivity index (χ1) is 13.1. The summed E-state index contributed by atoms with van der Waals surface area (Å²) >= 11 is 0. The minimum atomic E-state index is -0.0325. The number of amides is 1. The number of rotatable bonds is 7. The smallest absolute Gasteiger partial charge is 0.276 e. The van der Waals surface area contributed by atoms with Crippen molar-refractivity contribution >= 4 is 5.91 Å². The minimum absolute atomic E-state index is 0.0325. The van der Waals surface area contributed by atoms with Crippen molar-refractivity contribution in [2.75, 3.05) is 26.2 Å². The Labute approximate surface area is 162 Å². The van der Waals surface area contributed by atoms with Crippen LogP contribution in [-0.4, -0.2) is 56.9 Å². The maximum atomic E-state index is 12.5. The first-order valence-corrected chi connectivity index (χ1v) is 10.2. The lowest BCUT2D eigenvalue weighted by Gasteiger charge is -2.32. The summed E-state index contributed by atoms with van der Waals surface area (Å²) < 4.78 is 1.89. The Hall–Kier alpha value is -2.21. The van der Waals surface area contributed by atoms with Crippen LogP contribution < -0.4 is 0 Å². The Kier molecular flexibility index (Phi) is 6.61. The molecular formula is C21H31N5O. The lowest BCUT2D eigenvalue weighted by atomic mass is 10.0. The van der Waals surface area contributed by atoms with Gasteiger partial charge in [0.2, 0.25) is 0 Å². The van der Waals surface area contributed by atoms with E-state index in [9.17, 15) is 4.79 Å². The van der Waals surface area contributed by atoms with Gasteiger partial charge in [0, 0.05) is 26.2 Å². The molecule has 27 heavy (non-hydrogen) atoms. The molecule has 0 saturated carbocycles. The summed E-state index contributed by atoms with van der Waals surface area (Å²) in [5, 5.41) is 8.41. The second-order valence-electron chi connectivity index (χ2n) is 7.26. The predicted octanol–water partition coefficient (Wildman–Crippen LogP) is 3.16. The van der Waals surface area contributed by atoms with Gasteiger partial charge in [-0.2, -0.15) is 0 Å². The third kappa shape index (κ3) is 4.75. The summed E-state index contributed by atoms with van der Waals surface area (Å²) in [6.07, 6.45) is 5.11. The molecule has 6 heteroatoms. The lowest BCUT2D eigenvalue weighted by Crippen LogP contribution is -2.36. The molecule has 0 radical (unpaired) electrons. The molecular weight excluding hydrogens is 338 g/mol. The van der Waals surface area contributed by atoms with Crippen LogP contribution in [0.25, 0.3) is 0 Å². The first-order valence-electron chi connectivity index (χ1n) is 10.2. The Morgan fingerprint density at radius 3 is 2.52 bits per heavy atom. The van der Waals surface area contributed by atoms with E-state index in [2.05, 4.69) is 46.4 Å². The number of aromatic nitrogens is 3. The highest BCUT2D eigenvalue weighted by molar-refractivity contribution is 5.91. The minimum Gasteiger partial charge on any atom is -0.338 e. The molecule has 1 saturated heterocycles. The van der Waals surface area contributed by atoms with E-state index in [4.69, 9.17) is 0 Å². The van der Waals surface area contributed by atoms with E-state index in [0.717, 1.165) is 38.9 Å². The van der Waals surface area contributed by atoms with Crippen LogP contribution in [0, 0.1) is 0 Å². The van der Waals surface area contributed by atoms with Crippen LogP contribution in [0.5, 0.6) is 0 Å². The molecule has 1 aromatic carbocycles. The lowest BCUT2D eigenvalue weighted by molar-refractivity contribution is 0.0767. The molecule has 3 rings (SSSR count). The molecule has 1 aliphatic rings. The van der Waals surface area contributed by atoms with Gasteiger partial charge in [0.1, 0.15) is 0 Å². The van der Waals surface area contributed by atoms with Gasteiger partial charge in [-0.3, -0.25) is 9.69 Å². The van der Waals surface area contributed by atoms with Gasteiger partial charge in [0.05, 0.1) is 12.2 Å². The van der Waals surface area contributed by atoms with Gasteiger partial charge >= 0.3 is 0 Å². The number of hydrogen-bond donors (Lipinski definition) is 0. The molecule has 0 bridgehead atoms. The molecule has 0 spiro atoms. The summed E-state index contributed by atoms with van der Waals surface area (Å²) in [4.78, 5) is 16.7. The molecule has 2 aromatic rings. The third-order valence-electron chi connectivity index (χ3n) is 5.47. The van der Waals surface area contributed by atoms with Gasteiger partial charge in [-0.1, -0.05) is 36.4 Å². The molecule has 146 valence electrons. The van der Waals surface area contributed by atoms with Crippen molar-refractivity contribution in [3.05, 3.63) is 47.3 Å². The highest BCUT2D eigenvalue weighted by Gasteiger charge is 2.24. The third-order valence-corrected chi connectivity index (χ3v) is 5.47. The molecule has 0 unspecified atom stereocenters. The van der Waals surface area contributed by atoms with Crippen molar-refractivity contribution in [3.8, 4) is 0 Å². The number of piperidine rings is 1. The fraction of sp³-hybridized carbons (Fsp3) is 0.571. The fourth-order valence-electron chi connectivity index (χ4n) is 3.76. The van der Waals surface area contributed by atoms with Gasteiger partial charge in [-0.15, -0.1) is 5.10 Å². The van der Waals surface area contributed by atoms with Gasteiger partial charge in [-0.05, 0) is 50.8 Å². The number of hydrogen-bond acceptors (Lipinski definition) is 4. The van der Waals surface area contributed by atoms with Crippen molar-refractivity contribution in [3.63, 3.8) is 0 Å². The van der Waals surface area contributed by atoms with E-state index in [-0.39, 0.29) is 11.9 Å². The zero-order valence-electron chi connectivity index (χ0n) is 16.8. The largest absolute Gasteiger partial charge is 0.338 e. The molecule has 1 aromatic heterocycles. The molecule has 1 amide bonds. The average Bonchev–Trinajstić information content (AvgIpc) is 3.20. The van der Waals surface area contributed by atoms with Gasteiger partial charge in [-0.25, -0.2) is 4.68 Å². The van der Waals surface area contributed by atoms with Crippen LogP contribution in [0.15, 0.2) is 30.5 Å². The number of nitrogens with zero attached hydrogens (tertiary/aromatic N) is 5. The van der Waals surface area contributed by atoms with Crippen LogP contribution in [0.2, 0.25) is 0 Å². The zero-order valence-corrected chi connectivity index (χ0v) is 16.8. The molecule has 1 aliphatic heterocycles. The number of benzene rings is 1. The summed E-state index contributed by atoms with van der Waals surface area (Å²) in [6.45, 7) is 10.5. The van der Waals surface area contributed by atoms with E-state index in [1.54, 1.807) is 4.90 Å². The van der Waals surface area contributed by atoms with Crippen LogP contribution >= 0.6 is 0 Å². The van der Waals surface area contributed by atoms with Crippen LogP contribution in [0.1, 0.15) is 61.3 Å². The van der Waals surface area contributed by atoms with Crippen LogP contribution in [0.4, 0.5) is 0 Å². The monoisotopic (exact) mass is 369 g/mol. The Bertz CT molecular complexity index is 735. The van der Waals surface area contributed by atoms with E-state index in [1.165, 1.54) is 11.1 Å². The van der Waals surface area contributed by atoms with Crippen molar-refractivity contribution in [1.29, 1.82) is 0 Å². The standard InChI is InChI=1S/C21H31N5O/c1-4-17-9-11-18(12-10-17)14-24-13-7-8-19(15-24)26-16-20(22-23-26)21(27)25(5-2)6-3/h9-12,16,19H,4-8,13-15H2,1-3H3/t19-/m0/s1. The quantitative estimate of drug-likeness (QED) is 0.752. The Balaban J connectivity index is 1.63. The molecule has 2 heterocycles. The maximum absolute atomic E-state index is 12.5. The van der Waals surface area contributed by atoms with Crippen LogP contribution in [0.3, 0.4) is 0 Å². The van der Waals surface area contributed by atoms with Gasteiger partial charge < -0.3 is 4.90 Å². The second-order valence-corrected chi connectivity index (χ2v) is 7.26. The number of aryl methyl sites for hydroxylation is 1. The number of carbonyl (C=O) groups excluding carboxylic acids is 1. The summed E-state index contributed by atoms with van der Waals surface area (Å²) in [5.41, 5.74) is 3.18. The van der Waals surface area contributed by atoms with E-state index >= 15 is 0 Å².